The largest absolute Gasteiger partial charge is 0.342 e. The highest BCUT2D eigenvalue weighted by molar-refractivity contribution is 7.16. The fourth-order valence-electron chi connectivity index (χ4n) is 4.93. The van der Waals surface area contributed by atoms with Gasteiger partial charge in [0, 0.05) is 11.1 Å². The van der Waals surface area contributed by atoms with Crippen LogP contribution in [0.1, 0.15) is 58.0 Å². The number of amides is 1. The van der Waals surface area contributed by atoms with E-state index in [0.717, 1.165) is 49.2 Å². The van der Waals surface area contributed by atoms with Crippen molar-refractivity contribution in [1.29, 1.82) is 0 Å². The molecule has 3 aliphatic rings. The lowest BCUT2D eigenvalue weighted by atomic mass is 9.91. The molecular formula is C24H25FN6OS. The summed E-state index contributed by atoms with van der Waals surface area (Å²) >= 11 is 1.46. The second-order valence-corrected chi connectivity index (χ2v) is 10.4. The first-order chi connectivity index (χ1) is 15.9. The van der Waals surface area contributed by atoms with Gasteiger partial charge in [0.15, 0.2) is 5.82 Å². The molecule has 1 spiro atoms. The highest BCUT2D eigenvalue weighted by Gasteiger charge is 2.54. The van der Waals surface area contributed by atoms with Gasteiger partial charge in [0.05, 0.1) is 22.2 Å². The molecule has 33 heavy (non-hydrogen) atoms. The molecule has 2 N–H and O–H groups in total. The monoisotopic (exact) mass is 464 g/mol. The maximum atomic E-state index is 14.8. The van der Waals surface area contributed by atoms with E-state index in [1.165, 1.54) is 23.1 Å². The fraction of sp³-hybridized carbons (Fsp3) is 0.417. The van der Waals surface area contributed by atoms with Gasteiger partial charge in [-0.3, -0.25) is 4.79 Å². The number of rotatable bonds is 4. The second kappa shape index (κ2) is 7.56. The Labute approximate surface area is 195 Å². The summed E-state index contributed by atoms with van der Waals surface area (Å²) in [7, 11) is 2.16. The van der Waals surface area contributed by atoms with Crippen molar-refractivity contribution in [3.8, 4) is 10.6 Å². The van der Waals surface area contributed by atoms with E-state index in [-0.39, 0.29) is 23.1 Å². The zero-order valence-electron chi connectivity index (χ0n) is 18.6. The van der Waals surface area contributed by atoms with Crippen LogP contribution in [0.2, 0.25) is 0 Å². The summed E-state index contributed by atoms with van der Waals surface area (Å²) in [6.07, 6.45) is 7.23. The number of pyridine rings is 1. The number of piperidine rings is 1. The molecule has 0 aromatic carbocycles. The van der Waals surface area contributed by atoms with Gasteiger partial charge in [-0.15, -0.1) is 11.3 Å². The second-order valence-electron chi connectivity index (χ2n) is 9.37. The molecule has 1 amide bonds. The SMILES string of the molecule is Cc1c(-c2nc(Nc3ccc(C4CCN(C)CC4)cn3)ncc2F)sc2c1C(=O)NC21CC1. The molecule has 2 fully saturated rings. The molecule has 0 unspecified atom stereocenters. The zero-order valence-corrected chi connectivity index (χ0v) is 19.4. The Morgan fingerprint density at radius 3 is 2.70 bits per heavy atom. The minimum atomic E-state index is -0.501. The summed E-state index contributed by atoms with van der Waals surface area (Å²) in [5.41, 5.74) is 2.69. The van der Waals surface area contributed by atoms with Gasteiger partial charge in [0.25, 0.3) is 5.91 Å². The number of nitrogens with zero attached hydrogens (tertiary/aromatic N) is 4. The van der Waals surface area contributed by atoms with Crippen LogP contribution in [-0.2, 0) is 5.54 Å². The number of fused-ring (bicyclic) bond motifs is 2. The van der Waals surface area contributed by atoms with Crippen LogP contribution in [0.5, 0.6) is 0 Å². The minimum Gasteiger partial charge on any atom is -0.342 e. The van der Waals surface area contributed by atoms with Gasteiger partial charge in [0.2, 0.25) is 5.95 Å². The molecule has 1 aliphatic carbocycles. The predicted molar refractivity (Wildman–Crippen MR) is 125 cm³/mol. The summed E-state index contributed by atoms with van der Waals surface area (Å²) in [5, 5.41) is 6.18. The van der Waals surface area contributed by atoms with Gasteiger partial charge < -0.3 is 15.5 Å². The first-order valence-electron chi connectivity index (χ1n) is 11.3. The number of anilines is 2. The van der Waals surface area contributed by atoms with Crippen LogP contribution >= 0.6 is 11.3 Å². The molecule has 2 aliphatic heterocycles. The molecular weight excluding hydrogens is 439 g/mol. The zero-order chi connectivity index (χ0) is 22.7. The van der Waals surface area contributed by atoms with Crippen molar-refractivity contribution in [2.24, 2.45) is 0 Å². The third-order valence-corrected chi connectivity index (χ3v) is 8.59. The van der Waals surface area contributed by atoms with Gasteiger partial charge in [-0.25, -0.2) is 19.3 Å². The average molecular weight is 465 g/mol. The maximum absolute atomic E-state index is 14.8. The number of nitrogens with one attached hydrogen (secondary N) is 2. The number of halogens is 1. The first kappa shape index (κ1) is 20.7. The van der Waals surface area contributed by atoms with E-state index in [9.17, 15) is 9.18 Å². The number of thiophene rings is 1. The topological polar surface area (TPSA) is 83.0 Å². The van der Waals surface area contributed by atoms with E-state index in [1.54, 1.807) is 0 Å². The van der Waals surface area contributed by atoms with Crippen LogP contribution < -0.4 is 10.6 Å². The van der Waals surface area contributed by atoms with E-state index < -0.39 is 5.82 Å². The lowest BCUT2D eigenvalue weighted by Gasteiger charge is -2.29. The highest BCUT2D eigenvalue weighted by Crippen LogP contribution is 2.56. The maximum Gasteiger partial charge on any atom is 0.253 e. The molecule has 170 valence electrons. The van der Waals surface area contributed by atoms with Crippen molar-refractivity contribution in [2.45, 2.75) is 44.1 Å². The molecule has 6 rings (SSSR count). The fourth-order valence-corrected chi connectivity index (χ4v) is 6.42. The summed E-state index contributed by atoms with van der Waals surface area (Å²) in [4.78, 5) is 29.6. The van der Waals surface area contributed by atoms with Crippen LogP contribution in [0.25, 0.3) is 10.6 Å². The van der Waals surface area contributed by atoms with Crippen LogP contribution in [0.15, 0.2) is 24.5 Å². The third-order valence-electron chi connectivity index (χ3n) is 7.09. The lowest BCUT2D eigenvalue weighted by Crippen LogP contribution is -2.29. The van der Waals surface area contributed by atoms with Gasteiger partial charge >= 0.3 is 0 Å². The smallest absolute Gasteiger partial charge is 0.253 e. The normalized spacial score (nSPS) is 19.5. The molecule has 0 bridgehead atoms. The first-order valence-corrected chi connectivity index (χ1v) is 12.2. The van der Waals surface area contributed by atoms with Gasteiger partial charge in [0.1, 0.15) is 11.5 Å². The Bertz CT molecular complexity index is 1240. The van der Waals surface area contributed by atoms with Crippen LogP contribution in [0, 0.1) is 12.7 Å². The Morgan fingerprint density at radius 2 is 2.00 bits per heavy atom. The van der Waals surface area contributed by atoms with E-state index in [0.29, 0.717) is 22.2 Å². The van der Waals surface area contributed by atoms with E-state index in [2.05, 4.69) is 43.6 Å². The van der Waals surface area contributed by atoms with Crippen molar-refractivity contribution in [2.75, 3.05) is 25.5 Å². The van der Waals surface area contributed by atoms with Crippen molar-refractivity contribution >= 4 is 29.0 Å². The molecule has 5 heterocycles. The van der Waals surface area contributed by atoms with E-state index in [4.69, 9.17) is 0 Å². The van der Waals surface area contributed by atoms with Crippen LogP contribution in [-0.4, -0.2) is 45.9 Å². The summed E-state index contributed by atoms with van der Waals surface area (Å²) in [6, 6.07) is 4.02. The number of carbonyl (C=O) groups is 1. The van der Waals surface area contributed by atoms with Gasteiger partial charge in [-0.2, -0.15) is 0 Å². The molecule has 1 saturated heterocycles. The average Bonchev–Trinajstić information content (AvgIpc) is 3.42. The van der Waals surface area contributed by atoms with Crippen molar-refractivity contribution in [3.63, 3.8) is 0 Å². The lowest BCUT2D eigenvalue weighted by molar-refractivity contribution is 0.0952. The Balaban J connectivity index is 1.25. The van der Waals surface area contributed by atoms with E-state index in [1.807, 2.05) is 19.2 Å². The van der Waals surface area contributed by atoms with Crippen molar-refractivity contribution < 1.29 is 9.18 Å². The summed E-state index contributed by atoms with van der Waals surface area (Å²) in [5.74, 6) is 0.867. The number of carbonyl (C=O) groups excluding carboxylic acids is 1. The van der Waals surface area contributed by atoms with Crippen LogP contribution in [0.4, 0.5) is 16.2 Å². The van der Waals surface area contributed by atoms with Crippen LogP contribution in [0.3, 0.4) is 0 Å². The van der Waals surface area contributed by atoms with E-state index >= 15 is 0 Å². The van der Waals surface area contributed by atoms with Crippen molar-refractivity contribution in [3.05, 3.63) is 51.9 Å². The number of hydrogen-bond donors (Lipinski definition) is 2. The molecule has 0 atom stereocenters. The minimum absolute atomic E-state index is 0.0655. The molecule has 0 radical (unpaired) electrons. The molecule has 3 aromatic heterocycles. The number of likely N-dealkylation sites (tertiary alicyclic amines) is 1. The molecule has 1 saturated carbocycles. The quantitative estimate of drug-likeness (QED) is 0.598. The predicted octanol–water partition coefficient (Wildman–Crippen LogP) is 4.33. The summed E-state index contributed by atoms with van der Waals surface area (Å²) in [6.45, 7) is 4.07. The number of hydrogen-bond acceptors (Lipinski definition) is 7. The Morgan fingerprint density at radius 1 is 1.21 bits per heavy atom. The summed E-state index contributed by atoms with van der Waals surface area (Å²) < 4.78 is 14.8. The Kier molecular flexibility index (Phi) is 4.74. The van der Waals surface area contributed by atoms with Gasteiger partial charge in [-0.1, -0.05) is 6.07 Å². The number of aromatic nitrogens is 3. The molecule has 9 heteroatoms. The van der Waals surface area contributed by atoms with Gasteiger partial charge in [-0.05, 0) is 75.9 Å². The Hall–Kier alpha value is -2.91. The van der Waals surface area contributed by atoms with Crippen molar-refractivity contribution in [1.82, 2.24) is 25.2 Å². The molecule has 3 aromatic rings. The third kappa shape index (κ3) is 3.50. The highest BCUT2D eigenvalue weighted by atomic mass is 32.1. The molecule has 7 nitrogen and oxygen atoms in total. The standard InChI is InChI=1S/C24H25FN6OS/c1-13-18-21(24(7-8-24)30-22(18)32)33-20(13)19-16(25)12-27-23(29-19)28-17-4-3-15(11-26-17)14-5-9-31(2)10-6-14/h3-4,11-12,14H,5-10H2,1-2H3,(H,30,32)(H,26,27,28,29).